The van der Waals surface area contributed by atoms with Gasteiger partial charge in [0.2, 0.25) is 22.8 Å². The maximum absolute atomic E-state index is 14.2. The molecular weight excluding hydrogens is 544 g/mol. The molecule has 11 nitrogen and oxygen atoms in total. The van der Waals surface area contributed by atoms with Crippen LogP contribution in [0.3, 0.4) is 0 Å². The fourth-order valence-corrected chi connectivity index (χ4v) is 5.37. The molecule has 0 spiro atoms. The number of hydrogen-bond acceptors (Lipinski definition) is 9. The van der Waals surface area contributed by atoms with Crippen molar-refractivity contribution in [1.82, 2.24) is 10.2 Å². The highest BCUT2D eigenvalue weighted by Gasteiger charge is 2.76. The second kappa shape index (κ2) is 11.4. The predicted octanol–water partition coefficient (Wildman–Crippen LogP) is 1.23. The van der Waals surface area contributed by atoms with Crippen LogP contribution >= 0.6 is 0 Å². The van der Waals surface area contributed by atoms with Gasteiger partial charge < -0.3 is 25.4 Å². The highest BCUT2D eigenvalue weighted by Crippen LogP contribution is 2.47. The summed E-state index contributed by atoms with van der Waals surface area (Å²) in [7, 11) is 0. The molecule has 216 valence electrons. The van der Waals surface area contributed by atoms with Crippen molar-refractivity contribution in [3.8, 4) is 0 Å². The number of rotatable bonds is 8. The number of carbonyl (C=O) groups is 5. The Hall–Kier alpha value is -4.55. The lowest BCUT2D eigenvalue weighted by Gasteiger charge is -2.40. The number of hydrogen-bond donors (Lipinski definition) is 4. The number of ketones is 4. The number of Topliss-reactive ketones (excluding diaryl/α,β-unsaturated/α-hetero) is 4. The van der Waals surface area contributed by atoms with E-state index in [4.69, 9.17) is 4.74 Å². The first-order valence-corrected chi connectivity index (χ1v) is 13.2. The molecule has 3 aromatic rings. The normalized spacial score (nSPS) is 26.7. The van der Waals surface area contributed by atoms with E-state index in [9.17, 15) is 39.3 Å². The van der Waals surface area contributed by atoms with Crippen LogP contribution in [0.1, 0.15) is 38.8 Å². The Morgan fingerprint density at radius 3 is 1.86 bits per heavy atom. The molecular formula is C31H28N2O9. The molecule has 2 amide bonds. The van der Waals surface area contributed by atoms with Gasteiger partial charge in [0.25, 0.3) is 0 Å². The number of benzene rings is 3. The average Bonchev–Trinajstić information content (AvgIpc) is 3.14. The predicted molar refractivity (Wildman–Crippen MR) is 146 cm³/mol. The molecule has 0 aromatic heterocycles. The lowest BCUT2D eigenvalue weighted by molar-refractivity contribution is -0.149. The molecule has 2 saturated heterocycles. The molecule has 5 atom stereocenters. The summed E-state index contributed by atoms with van der Waals surface area (Å²) in [5, 5.41) is 38.3. The van der Waals surface area contributed by atoms with Gasteiger partial charge in [-0.2, -0.15) is 0 Å². The topological polar surface area (TPSA) is 171 Å². The number of nitrogens with one attached hydrogen (secondary N) is 1. The van der Waals surface area contributed by atoms with Crippen molar-refractivity contribution in [3.05, 3.63) is 108 Å². The van der Waals surface area contributed by atoms with Crippen LogP contribution in [0, 0.1) is 0 Å². The van der Waals surface area contributed by atoms with Gasteiger partial charge in [0, 0.05) is 24.1 Å². The summed E-state index contributed by atoms with van der Waals surface area (Å²) in [6.07, 6.45) is -6.57. The van der Waals surface area contributed by atoms with Gasteiger partial charge >= 0.3 is 6.03 Å². The van der Waals surface area contributed by atoms with Crippen LogP contribution in [0.4, 0.5) is 4.79 Å². The van der Waals surface area contributed by atoms with E-state index in [1.54, 1.807) is 30.3 Å². The summed E-state index contributed by atoms with van der Waals surface area (Å²) in [6.45, 7) is -0.702. The minimum Gasteiger partial charge on any atom is -0.380 e. The average molecular weight is 573 g/mol. The van der Waals surface area contributed by atoms with Crippen molar-refractivity contribution >= 4 is 29.2 Å². The van der Waals surface area contributed by atoms with Gasteiger partial charge in [-0.1, -0.05) is 91.0 Å². The molecule has 2 fully saturated rings. The Balaban J connectivity index is 1.74. The van der Waals surface area contributed by atoms with Gasteiger partial charge in [-0.3, -0.25) is 24.1 Å². The lowest BCUT2D eigenvalue weighted by Crippen LogP contribution is -2.71. The summed E-state index contributed by atoms with van der Waals surface area (Å²) in [4.78, 5) is 68.7. The van der Waals surface area contributed by atoms with E-state index in [0.717, 1.165) is 0 Å². The summed E-state index contributed by atoms with van der Waals surface area (Å²) in [5.41, 5.74) is -6.96. The van der Waals surface area contributed by atoms with Crippen LogP contribution in [0.2, 0.25) is 0 Å². The Labute approximate surface area is 240 Å². The second-order valence-electron chi connectivity index (χ2n) is 10.2. The number of nitrogens with zero attached hydrogens (tertiary/aromatic N) is 1. The van der Waals surface area contributed by atoms with Crippen molar-refractivity contribution in [2.24, 2.45) is 0 Å². The summed E-state index contributed by atoms with van der Waals surface area (Å²) < 4.78 is 5.86. The quantitative estimate of drug-likeness (QED) is 0.290. The molecule has 1 unspecified atom stereocenters. The van der Waals surface area contributed by atoms with Crippen LogP contribution in [0.15, 0.2) is 91.0 Å². The van der Waals surface area contributed by atoms with E-state index >= 15 is 0 Å². The van der Waals surface area contributed by atoms with Crippen LogP contribution in [0.5, 0.6) is 0 Å². The van der Waals surface area contributed by atoms with E-state index in [1.165, 1.54) is 60.7 Å². The number of amides is 2. The first-order valence-electron chi connectivity index (χ1n) is 13.2. The molecule has 2 heterocycles. The lowest BCUT2D eigenvalue weighted by atomic mass is 9.69. The maximum atomic E-state index is 14.2. The first-order chi connectivity index (χ1) is 20.1. The van der Waals surface area contributed by atoms with E-state index in [-0.39, 0.29) is 29.7 Å². The van der Waals surface area contributed by atoms with Gasteiger partial charge in [0.05, 0.1) is 6.54 Å². The fraction of sp³-hybridized carbons (Fsp3) is 0.258. The summed E-state index contributed by atoms with van der Waals surface area (Å²) in [6, 6.07) is 21.0. The van der Waals surface area contributed by atoms with Crippen molar-refractivity contribution < 1.29 is 44.0 Å². The SMILES string of the molecule is O=C1CCNC(=O)N([C@@H]2O[C@H](C(=O)C(O)c3ccccc3)[C@](O)(C(=O)c3ccccc3)[C@]2(O)C(=O)c2ccccc2)C1. The molecule has 2 aliphatic rings. The second-order valence-corrected chi connectivity index (χ2v) is 10.2. The molecule has 0 bridgehead atoms. The highest BCUT2D eigenvalue weighted by molar-refractivity contribution is 6.16. The van der Waals surface area contributed by atoms with Gasteiger partial charge in [0.15, 0.2) is 23.9 Å². The molecule has 4 N–H and O–H groups in total. The van der Waals surface area contributed by atoms with Crippen molar-refractivity contribution in [2.75, 3.05) is 13.1 Å². The van der Waals surface area contributed by atoms with Crippen LogP contribution in [0.25, 0.3) is 0 Å². The molecule has 11 heteroatoms. The maximum Gasteiger partial charge on any atom is 0.319 e. The Morgan fingerprint density at radius 2 is 1.31 bits per heavy atom. The third-order valence-corrected chi connectivity index (χ3v) is 7.56. The zero-order valence-corrected chi connectivity index (χ0v) is 22.3. The standard InChI is InChI=1S/C31H28N2O9/c34-22-16-17-32-29(39)33(18-22)28-31(41,26(38)21-14-8-3-9-15-21)30(40,25(37)20-12-6-2-7-13-20)27(42-28)24(36)23(35)19-10-4-1-5-11-19/h1-15,23,27-28,35,40-41H,16-18H2,(H,32,39)/t23?,27-,28-,30-,31+/m1/s1. The van der Waals surface area contributed by atoms with Gasteiger partial charge in [-0.15, -0.1) is 0 Å². The van der Waals surface area contributed by atoms with E-state index < -0.39 is 65.3 Å². The molecule has 0 aliphatic carbocycles. The van der Waals surface area contributed by atoms with Crippen molar-refractivity contribution in [3.63, 3.8) is 0 Å². The Bertz CT molecular complexity index is 1520. The molecule has 2 aliphatic heterocycles. The van der Waals surface area contributed by atoms with Gasteiger partial charge in [-0.25, -0.2) is 4.79 Å². The highest BCUT2D eigenvalue weighted by atomic mass is 16.6. The van der Waals surface area contributed by atoms with Gasteiger partial charge in [0.1, 0.15) is 6.10 Å². The number of aliphatic hydroxyl groups is 3. The smallest absolute Gasteiger partial charge is 0.319 e. The van der Waals surface area contributed by atoms with E-state index in [1.807, 2.05) is 0 Å². The largest absolute Gasteiger partial charge is 0.380 e. The Morgan fingerprint density at radius 1 is 0.810 bits per heavy atom. The monoisotopic (exact) mass is 572 g/mol. The number of aliphatic hydroxyl groups excluding tert-OH is 1. The summed E-state index contributed by atoms with van der Waals surface area (Å²) >= 11 is 0. The third-order valence-electron chi connectivity index (χ3n) is 7.56. The molecule has 0 saturated carbocycles. The first kappa shape index (κ1) is 29.0. The molecule has 3 aromatic carbocycles. The summed E-state index contributed by atoms with van der Waals surface area (Å²) in [5.74, 6) is -4.23. The zero-order chi connectivity index (χ0) is 30.1. The molecule has 0 radical (unpaired) electrons. The van der Waals surface area contributed by atoms with Crippen molar-refractivity contribution in [1.29, 1.82) is 0 Å². The minimum absolute atomic E-state index is 0.0474. The minimum atomic E-state index is -3.37. The Kier molecular flexibility index (Phi) is 7.85. The zero-order valence-electron chi connectivity index (χ0n) is 22.3. The van der Waals surface area contributed by atoms with Crippen LogP contribution in [-0.4, -0.2) is 86.0 Å². The number of urea groups is 1. The van der Waals surface area contributed by atoms with Crippen LogP contribution < -0.4 is 5.32 Å². The van der Waals surface area contributed by atoms with E-state index in [0.29, 0.717) is 4.90 Å². The van der Waals surface area contributed by atoms with E-state index in [2.05, 4.69) is 5.32 Å². The molecule has 5 rings (SSSR count). The third kappa shape index (κ3) is 4.72. The van der Waals surface area contributed by atoms with Crippen LogP contribution in [-0.2, 0) is 14.3 Å². The number of carbonyl (C=O) groups excluding carboxylic acids is 5. The number of ether oxygens (including phenoxy) is 1. The molecule has 42 heavy (non-hydrogen) atoms. The van der Waals surface area contributed by atoms with Gasteiger partial charge in [-0.05, 0) is 5.56 Å². The fourth-order valence-electron chi connectivity index (χ4n) is 5.37. The van der Waals surface area contributed by atoms with Crippen molar-refractivity contribution in [2.45, 2.75) is 36.1 Å².